The Balaban J connectivity index is 1.00. The maximum Gasteiger partial charge on any atom is 0.411 e. The van der Waals surface area contributed by atoms with Crippen LogP contribution in [0.5, 0.6) is 0 Å². The van der Waals surface area contributed by atoms with Crippen LogP contribution in [0.3, 0.4) is 0 Å². The van der Waals surface area contributed by atoms with E-state index in [9.17, 15) is 24.0 Å². The molecule has 2 N–H and O–H groups in total. The average molecular weight is 805 g/mol. The fourth-order valence-electron chi connectivity index (χ4n) is 6.58. The van der Waals surface area contributed by atoms with Gasteiger partial charge in [0, 0.05) is 88.4 Å². The second kappa shape index (κ2) is 20.5. The van der Waals surface area contributed by atoms with Gasteiger partial charge in [-0.3, -0.25) is 19.7 Å². The van der Waals surface area contributed by atoms with Gasteiger partial charge < -0.3 is 34.4 Å². The van der Waals surface area contributed by atoms with Gasteiger partial charge in [0.25, 0.3) is 17.7 Å². The van der Waals surface area contributed by atoms with Crippen LogP contribution in [0, 0.1) is 0 Å². The molecule has 4 aromatic carbocycles. The lowest BCUT2D eigenvalue weighted by Crippen LogP contribution is -2.42. The Hall–Kier alpha value is -6.21. The molecule has 0 spiro atoms. The van der Waals surface area contributed by atoms with Crippen molar-refractivity contribution >= 4 is 41.3 Å². The van der Waals surface area contributed by atoms with Crippen LogP contribution in [0.25, 0.3) is 11.1 Å². The van der Waals surface area contributed by atoms with Gasteiger partial charge in [-0.1, -0.05) is 48.5 Å². The lowest BCUT2D eigenvalue weighted by atomic mass is 10.0. The van der Waals surface area contributed by atoms with E-state index < -0.39 is 17.8 Å². The predicted molar refractivity (Wildman–Crippen MR) is 230 cm³/mol. The molecule has 0 aliphatic carbocycles. The Morgan fingerprint density at radius 2 is 1.20 bits per heavy atom. The second-order valence-electron chi connectivity index (χ2n) is 15.8. The molecule has 0 aromatic heterocycles. The first-order valence-electron chi connectivity index (χ1n) is 20.0. The fourth-order valence-corrected chi connectivity index (χ4v) is 6.58. The Labute approximate surface area is 347 Å². The lowest BCUT2D eigenvalue weighted by Gasteiger charge is -2.32. The molecule has 1 heterocycles. The number of rotatable bonds is 14. The van der Waals surface area contributed by atoms with Crippen LogP contribution in [0.15, 0.2) is 103 Å². The van der Waals surface area contributed by atoms with E-state index in [-0.39, 0.29) is 23.8 Å². The minimum Gasteiger partial charge on any atom is -0.446 e. The monoisotopic (exact) mass is 804 g/mol. The zero-order valence-corrected chi connectivity index (χ0v) is 34.9. The lowest BCUT2D eigenvalue weighted by molar-refractivity contribution is 0.0294. The Kier molecular flexibility index (Phi) is 15.2. The van der Waals surface area contributed by atoms with Crippen molar-refractivity contribution in [1.29, 1.82) is 0 Å². The smallest absolute Gasteiger partial charge is 0.411 e. The fraction of sp³-hybridized carbons (Fsp3) is 0.370. The number of nitrogens with zero attached hydrogens (tertiary/aromatic N) is 4. The van der Waals surface area contributed by atoms with Crippen LogP contribution < -0.4 is 10.6 Å². The van der Waals surface area contributed by atoms with Crippen LogP contribution in [0.4, 0.5) is 21.0 Å². The zero-order chi connectivity index (χ0) is 42.5. The number of anilines is 2. The SMILES string of the molecule is CN(CCCN(C)C(=O)c1ccc(NC(=O)c2ccc(C(=O)N(C)CCN3CCC(OC(=O)Nc4ccccc4-c4ccccc4)CC3)cc2)cc1)C(=O)OC(C)(C)C. The number of nitrogens with one attached hydrogen (secondary N) is 2. The Bertz CT molecular complexity index is 2040. The van der Waals surface area contributed by atoms with E-state index in [1.54, 1.807) is 79.5 Å². The molecule has 1 aliphatic heterocycles. The number of ether oxygens (including phenoxy) is 2. The summed E-state index contributed by atoms with van der Waals surface area (Å²) >= 11 is 0. The summed E-state index contributed by atoms with van der Waals surface area (Å²) in [4.78, 5) is 71.2. The highest BCUT2D eigenvalue weighted by Crippen LogP contribution is 2.28. The zero-order valence-electron chi connectivity index (χ0n) is 34.9. The number of carbonyl (C=O) groups is 5. The summed E-state index contributed by atoms with van der Waals surface area (Å²) in [7, 11) is 5.13. The largest absolute Gasteiger partial charge is 0.446 e. The van der Waals surface area contributed by atoms with Gasteiger partial charge in [0.05, 0.1) is 5.69 Å². The minimum absolute atomic E-state index is 0.150. The predicted octanol–water partition coefficient (Wildman–Crippen LogP) is 7.72. The van der Waals surface area contributed by atoms with Crippen LogP contribution >= 0.6 is 0 Å². The van der Waals surface area contributed by atoms with E-state index in [2.05, 4.69) is 15.5 Å². The van der Waals surface area contributed by atoms with Gasteiger partial charge >= 0.3 is 12.2 Å². The van der Waals surface area contributed by atoms with Gasteiger partial charge in [0.1, 0.15) is 11.7 Å². The van der Waals surface area contributed by atoms with Crippen molar-refractivity contribution in [2.75, 3.05) is 71.0 Å². The summed E-state index contributed by atoms with van der Waals surface area (Å²) in [5.74, 6) is -0.668. The van der Waals surface area contributed by atoms with Crippen molar-refractivity contribution < 1.29 is 33.4 Å². The quantitative estimate of drug-likeness (QED) is 0.132. The summed E-state index contributed by atoms with van der Waals surface area (Å²) in [5.41, 5.74) is 3.91. The molecule has 1 saturated heterocycles. The van der Waals surface area contributed by atoms with Crippen molar-refractivity contribution in [3.05, 3.63) is 120 Å². The topological polar surface area (TPSA) is 141 Å². The van der Waals surface area contributed by atoms with Crippen LogP contribution in [-0.2, 0) is 9.47 Å². The van der Waals surface area contributed by atoms with E-state index in [1.807, 2.05) is 75.4 Å². The Morgan fingerprint density at radius 3 is 1.83 bits per heavy atom. The number of hydrogen-bond acceptors (Lipinski definition) is 8. The van der Waals surface area contributed by atoms with Crippen molar-refractivity contribution in [2.45, 2.75) is 51.7 Å². The molecular formula is C46H56N6O7. The maximum atomic E-state index is 13.2. The molecule has 13 heteroatoms. The maximum absolute atomic E-state index is 13.2. The van der Waals surface area contributed by atoms with E-state index in [0.717, 1.165) is 24.2 Å². The van der Waals surface area contributed by atoms with E-state index >= 15 is 0 Å². The molecule has 0 radical (unpaired) electrons. The molecular weight excluding hydrogens is 749 g/mol. The highest BCUT2D eigenvalue weighted by Gasteiger charge is 2.24. The number of carbonyl (C=O) groups excluding carboxylic acids is 5. The first-order chi connectivity index (χ1) is 28.2. The van der Waals surface area contributed by atoms with Crippen molar-refractivity contribution in [3.8, 4) is 11.1 Å². The molecule has 0 bridgehead atoms. The molecule has 312 valence electrons. The van der Waals surface area contributed by atoms with E-state index in [4.69, 9.17) is 9.47 Å². The number of hydrogen-bond donors (Lipinski definition) is 2. The van der Waals surface area contributed by atoms with Gasteiger partial charge in [0.2, 0.25) is 0 Å². The molecule has 1 aliphatic rings. The average Bonchev–Trinajstić information content (AvgIpc) is 3.22. The minimum atomic E-state index is -0.575. The molecule has 0 unspecified atom stereocenters. The van der Waals surface area contributed by atoms with Gasteiger partial charge in [-0.05, 0) is 100 Å². The number of likely N-dealkylation sites (N-methyl/N-ethyl adjacent to an activating group) is 1. The highest BCUT2D eigenvalue weighted by atomic mass is 16.6. The summed E-state index contributed by atoms with van der Waals surface area (Å²) in [6, 6.07) is 30.7. The van der Waals surface area contributed by atoms with Crippen molar-refractivity contribution in [2.24, 2.45) is 0 Å². The summed E-state index contributed by atoms with van der Waals surface area (Å²) < 4.78 is 11.1. The number of benzene rings is 4. The highest BCUT2D eigenvalue weighted by molar-refractivity contribution is 6.05. The second-order valence-corrected chi connectivity index (χ2v) is 15.8. The molecule has 4 aromatic rings. The standard InChI is InChI=1S/C46H56N6O7/c1-46(2,3)59-45(57)51(6)28-12-27-49(4)42(54)36-21-23-37(24-22-36)47-41(53)34-17-19-35(20-18-34)43(55)50(5)31-32-52-29-25-38(26-30-52)58-44(56)48-40-16-11-10-15-39(40)33-13-8-7-9-14-33/h7-11,13-24,38H,12,25-32H2,1-6H3,(H,47,53)(H,48,56). The van der Waals surface area contributed by atoms with Crippen LogP contribution in [0.1, 0.15) is 71.1 Å². The molecule has 0 saturated carbocycles. The number of likely N-dealkylation sites (tertiary alicyclic amines) is 1. The molecule has 59 heavy (non-hydrogen) atoms. The van der Waals surface area contributed by atoms with Gasteiger partial charge in [-0.15, -0.1) is 0 Å². The van der Waals surface area contributed by atoms with E-state index in [1.165, 1.54) is 4.90 Å². The third-order valence-corrected chi connectivity index (χ3v) is 9.98. The molecule has 5 amide bonds. The van der Waals surface area contributed by atoms with Crippen LogP contribution in [-0.4, -0.2) is 122 Å². The third-order valence-electron chi connectivity index (χ3n) is 9.98. The normalized spacial score (nSPS) is 13.2. The van der Waals surface area contributed by atoms with Crippen LogP contribution in [0.2, 0.25) is 0 Å². The van der Waals surface area contributed by atoms with Gasteiger partial charge in [-0.25, -0.2) is 9.59 Å². The summed E-state index contributed by atoms with van der Waals surface area (Å²) in [6.45, 7) is 9.02. The first kappa shape index (κ1) is 43.9. The third kappa shape index (κ3) is 13.2. The van der Waals surface area contributed by atoms with Gasteiger partial charge in [0.15, 0.2) is 0 Å². The number of para-hydroxylation sites is 1. The summed E-state index contributed by atoms with van der Waals surface area (Å²) in [6.07, 6.45) is 0.917. The molecule has 1 fully saturated rings. The number of amides is 5. The van der Waals surface area contributed by atoms with Gasteiger partial charge in [-0.2, -0.15) is 0 Å². The molecule has 5 rings (SSSR count). The molecule has 0 atom stereocenters. The van der Waals surface area contributed by atoms with Crippen molar-refractivity contribution in [1.82, 2.24) is 19.6 Å². The number of piperidine rings is 1. The Morgan fingerprint density at radius 1 is 0.661 bits per heavy atom. The first-order valence-corrected chi connectivity index (χ1v) is 20.0. The summed E-state index contributed by atoms with van der Waals surface area (Å²) in [5, 5.41) is 5.76. The van der Waals surface area contributed by atoms with Crippen molar-refractivity contribution in [3.63, 3.8) is 0 Å². The molecule has 13 nitrogen and oxygen atoms in total. The van der Waals surface area contributed by atoms with E-state index in [0.29, 0.717) is 73.5 Å².